The molecular weight excluding hydrogens is 236 g/mol. The first kappa shape index (κ1) is 13.8. The lowest BCUT2D eigenvalue weighted by molar-refractivity contribution is -0.137. The van der Waals surface area contributed by atoms with Crippen LogP contribution in [0.3, 0.4) is 0 Å². The molecule has 0 saturated heterocycles. The summed E-state index contributed by atoms with van der Waals surface area (Å²) in [5.74, 6) is -1.22. The van der Waals surface area contributed by atoms with E-state index >= 15 is 0 Å². The summed E-state index contributed by atoms with van der Waals surface area (Å²) >= 11 is 0. The van der Waals surface area contributed by atoms with Gasteiger partial charge in [-0.05, 0) is 12.1 Å². The number of carbonyl (C=O) groups is 2. The van der Waals surface area contributed by atoms with E-state index in [0.717, 1.165) is 6.08 Å². The van der Waals surface area contributed by atoms with Gasteiger partial charge in [0.1, 0.15) is 11.3 Å². The van der Waals surface area contributed by atoms with E-state index in [1.54, 1.807) is 18.2 Å². The van der Waals surface area contributed by atoms with Crippen LogP contribution in [0.5, 0.6) is 5.75 Å². The van der Waals surface area contributed by atoms with Crippen molar-refractivity contribution >= 4 is 11.9 Å². The van der Waals surface area contributed by atoms with E-state index in [1.165, 1.54) is 6.07 Å². The highest BCUT2D eigenvalue weighted by atomic mass is 16.5. The Hall–Kier alpha value is -2.30. The third-order valence-corrected chi connectivity index (χ3v) is 2.07. The highest BCUT2D eigenvalue weighted by molar-refractivity contribution is 5.90. The monoisotopic (exact) mass is 250 g/mol. The van der Waals surface area contributed by atoms with Crippen LogP contribution >= 0.6 is 0 Å². The molecule has 0 atom stereocenters. The Morgan fingerprint density at radius 2 is 2.00 bits per heavy atom. The Kier molecular flexibility index (Phi) is 5.44. The molecular formula is C13H14O5. The van der Waals surface area contributed by atoms with Crippen LogP contribution in [0.4, 0.5) is 0 Å². The molecule has 0 aliphatic carbocycles. The van der Waals surface area contributed by atoms with Gasteiger partial charge in [0, 0.05) is 12.5 Å². The summed E-state index contributed by atoms with van der Waals surface area (Å²) in [5, 5.41) is 8.91. The van der Waals surface area contributed by atoms with Crippen molar-refractivity contribution in [1.82, 2.24) is 0 Å². The number of carboxylic acid groups (broad SMARTS) is 1. The summed E-state index contributed by atoms with van der Waals surface area (Å²) in [6, 6.07) is 6.37. The largest absolute Gasteiger partial charge is 0.493 e. The number of hydrogen-bond donors (Lipinski definition) is 1. The lowest BCUT2D eigenvalue weighted by atomic mass is 10.2. The van der Waals surface area contributed by atoms with Crippen LogP contribution < -0.4 is 4.74 Å². The average Bonchev–Trinajstić information content (AvgIpc) is 2.38. The molecule has 0 fully saturated rings. The second-order valence-corrected chi connectivity index (χ2v) is 3.37. The van der Waals surface area contributed by atoms with Crippen molar-refractivity contribution in [2.75, 3.05) is 13.2 Å². The summed E-state index contributed by atoms with van der Waals surface area (Å²) in [6.07, 6.45) is 1.56. The van der Waals surface area contributed by atoms with E-state index in [1.807, 2.05) is 0 Å². The molecule has 0 aliphatic heterocycles. The van der Waals surface area contributed by atoms with Crippen LogP contribution in [0.1, 0.15) is 16.8 Å². The second kappa shape index (κ2) is 7.11. The number of esters is 1. The van der Waals surface area contributed by atoms with E-state index in [2.05, 4.69) is 6.58 Å². The average molecular weight is 250 g/mol. The van der Waals surface area contributed by atoms with Crippen molar-refractivity contribution in [2.24, 2.45) is 0 Å². The first-order chi connectivity index (χ1) is 8.65. The normalized spacial score (nSPS) is 9.56. The first-order valence-corrected chi connectivity index (χ1v) is 5.39. The maximum atomic E-state index is 10.9. The summed E-state index contributed by atoms with van der Waals surface area (Å²) in [4.78, 5) is 21.6. The van der Waals surface area contributed by atoms with Gasteiger partial charge in [-0.15, -0.1) is 0 Å². The Morgan fingerprint density at radius 1 is 1.28 bits per heavy atom. The molecule has 0 radical (unpaired) electrons. The molecule has 0 aliphatic rings. The van der Waals surface area contributed by atoms with E-state index < -0.39 is 11.9 Å². The maximum Gasteiger partial charge on any atom is 0.339 e. The Morgan fingerprint density at radius 3 is 2.67 bits per heavy atom. The van der Waals surface area contributed by atoms with Gasteiger partial charge in [0.15, 0.2) is 0 Å². The lowest BCUT2D eigenvalue weighted by Crippen LogP contribution is -2.08. The summed E-state index contributed by atoms with van der Waals surface area (Å²) in [7, 11) is 0. The molecule has 1 N–H and O–H groups in total. The quantitative estimate of drug-likeness (QED) is 0.454. The molecule has 1 aromatic carbocycles. The van der Waals surface area contributed by atoms with Crippen molar-refractivity contribution in [2.45, 2.75) is 6.42 Å². The van der Waals surface area contributed by atoms with Gasteiger partial charge < -0.3 is 14.6 Å². The Labute approximate surface area is 105 Å². The minimum atomic E-state index is -1.04. The fraction of sp³-hybridized carbons (Fsp3) is 0.231. The summed E-state index contributed by atoms with van der Waals surface area (Å²) in [6.45, 7) is 3.75. The smallest absolute Gasteiger partial charge is 0.339 e. The number of benzene rings is 1. The molecule has 0 unspecified atom stereocenters. The third kappa shape index (κ3) is 4.29. The van der Waals surface area contributed by atoms with Gasteiger partial charge in [0.25, 0.3) is 0 Å². The number of para-hydroxylation sites is 1. The number of rotatable bonds is 7. The van der Waals surface area contributed by atoms with Gasteiger partial charge in [-0.2, -0.15) is 0 Å². The van der Waals surface area contributed by atoms with Gasteiger partial charge in [-0.1, -0.05) is 18.7 Å². The van der Waals surface area contributed by atoms with E-state index in [-0.39, 0.29) is 18.8 Å². The fourth-order valence-electron chi connectivity index (χ4n) is 1.24. The van der Waals surface area contributed by atoms with Crippen LogP contribution in [0.15, 0.2) is 36.9 Å². The molecule has 96 valence electrons. The van der Waals surface area contributed by atoms with Crippen LogP contribution in [0.2, 0.25) is 0 Å². The van der Waals surface area contributed by atoms with E-state index in [0.29, 0.717) is 12.2 Å². The minimum absolute atomic E-state index is 0.112. The van der Waals surface area contributed by atoms with E-state index in [4.69, 9.17) is 14.6 Å². The number of carboxylic acids is 1. The predicted molar refractivity (Wildman–Crippen MR) is 64.7 cm³/mol. The van der Waals surface area contributed by atoms with Crippen LogP contribution in [0.25, 0.3) is 0 Å². The van der Waals surface area contributed by atoms with Crippen LogP contribution in [-0.4, -0.2) is 30.3 Å². The fourth-order valence-corrected chi connectivity index (χ4v) is 1.24. The Balaban J connectivity index is 2.37. The van der Waals surface area contributed by atoms with Gasteiger partial charge >= 0.3 is 11.9 Å². The van der Waals surface area contributed by atoms with Gasteiger partial charge in [0.05, 0.1) is 13.2 Å². The molecule has 0 aromatic heterocycles. The lowest BCUT2D eigenvalue weighted by Gasteiger charge is -2.08. The molecule has 18 heavy (non-hydrogen) atoms. The highest BCUT2D eigenvalue weighted by Gasteiger charge is 2.09. The van der Waals surface area contributed by atoms with Crippen molar-refractivity contribution in [3.8, 4) is 5.75 Å². The van der Waals surface area contributed by atoms with Crippen LogP contribution in [0, 0.1) is 0 Å². The summed E-state index contributed by atoms with van der Waals surface area (Å²) in [5.41, 5.74) is 0.112. The standard InChI is InChI=1S/C13H14O5/c1-2-12(14)18-9-5-8-17-11-7-4-3-6-10(11)13(15)16/h2-4,6-7H,1,5,8-9H2,(H,15,16). The minimum Gasteiger partial charge on any atom is -0.493 e. The SMILES string of the molecule is C=CC(=O)OCCCOc1ccccc1C(=O)O. The van der Waals surface area contributed by atoms with Crippen molar-refractivity contribution in [3.05, 3.63) is 42.5 Å². The van der Waals surface area contributed by atoms with E-state index in [9.17, 15) is 9.59 Å². The van der Waals surface area contributed by atoms with Crippen molar-refractivity contribution in [3.63, 3.8) is 0 Å². The molecule has 0 bridgehead atoms. The molecule has 1 aromatic rings. The predicted octanol–water partition coefficient (Wildman–Crippen LogP) is 1.88. The topological polar surface area (TPSA) is 72.8 Å². The molecule has 5 nitrogen and oxygen atoms in total. The zero-order chi connectivity index (χ0) is 13.4. The molecule has 0 saturated carbocycles. The first-order valence-electron chi connectivity index (χ1n) is 5.39. The zero-order valence-corrected chi connectivity index (χ0v) is 9.80. The maximum absolute atomic E-state index is 10.9. The third-order valence-electron chi connectivity index (χ3n) is 2.07. The van der Waals surface area contributed by atoms with Crippen molar-refractivity contribution in [1.29, 1.82) is 0 Å². The number of hydrogen-bond acceptors (Lipinski definition) is 4. The molecule has 0 amide bonds. The van der Waals surface area contributed by atoms with Crippen LogP contribution in [-0.2, 0) is 9.53 Å². The molecule has 0 spiro atoms. The molecule has 0 heterocycles. The molecule has 5 heteroatoms. The number of ether oxygens (including phenoxy) is 2. The van der Waals surface area contributed by atoms with Gasteiger partial charge in [0.2, 0.25) is 0 Å². The number of aromatic carboxylic acids is 1. The highest BCUT2D eigenvalue weighted by Crippen LogP contribution is 2.17. The zero-order valence-electron chi connectivity index (χ0n) is 9.80. The second-order valence-electron chi connectivity index (χ2n) is 3.37. The summed E-state index contributed by atoms with van der Waals surface area (Å²) < 4.78 is 10.1. The Bertz CT molecular complexity index is 439. The number of carbonyl (C=O) groups excluding carboxylic acids is 1. The molecule has 1 rings (SSSR count). The van der Waals surface area contributed by atoms with Gasteiger partial charge in [-0.3, -0.25) is 0 Å². The van der Waals surface area contributed by atoms with Gasteiger partial charge in [-0.25, -0.2) is 9.59 Å². The van der Waals surface area contributed by atoms with Crippen molar-refractivity contribution < 1.29 is 24.2 Å².